The van der Waals surface area contributed by atoms with Crippen LogP contribution in [0.5, 0.6) is 17.2 Å². The van der Waals surface area contributed by atoms with E-state index in [0.29, 0.717) is 34.6 Å². The molecule has 1 aromatic rings. The molecule has 0 saturated heterocycles. The van der Waals surface area contributed by atoms with Gasteiger partial charge in [-0.15, -0.1) is 0 Å². The summed E-state index contributed by atoms with van der Waals surface area (Å²) in [6.45, 7) is 2.11. The van der Waals surface area contributed by atoms with Crippen LogP contribution in [0.15, 0.2) is 12.1 Å². The number of thiocarbonyl (C=S) groups is 1. The molecule has 19 heavy (non-hydrogen) atoms. The lowest BCUT2D eigenvalue weighted by atomic mass is 9.97. The Balaban J connectivity index is 3.04. The third-order valence-corrected chi connectivity index (χ3v) is 3.07. The Morgan fingerprint density at radius 3 is 2.26 bits per heavy atom. The van der Waals surface area contributed by atoms with Gasteiger partial charge < -0.3 is 19.9 Å². The minimum Gasteiger partial charge on any atom is -0.493 e. The Morgan fingerprint density at radius 2 is 1.79 bits per heavy atom. The van der Waals surface area contributed by atoms with Crippen molar-refractivity contribution in [1.29, 1.82) is 0 Å². The van der Waals surface area contributed by atoms with Gasteiger partial charge in [0.2, 0.25) is 5.75 Å². The van der Waals surface area contributed by atoms with Gasteiger partial charge in [-0.3, -0.25) is 0 Å². The number of methoxy groups -OCH3 is 3. The molecule has 2 N–H and O–H groups in total. The first-order chi connectivity index (χ1) is 9.03. The molecule has 0 bridgehead atoms. The molecular weight excluding hydrogens is 262 g/mol. The number of benzene rings is 1. The van der Waals surface area contributed by atoms with Crippen molar-refractivity contribution < 1.29 is 14.2 Å². The summed E-state index contributed by atoms with van der Waals surface area (Å²) in [5.74, 6) is 2.33. The van der Waals surface area contributed by atoms with E-state index in [1.807, 2.05) is 12.1 Å². The largest absolute Gasteiger partial charge is 0.493 e. The van der Waals surface area contributed by atoms with Crippen molar-refractivity contribution in [3.8, 4) is 17.2 Å². The van der Waals surface area contributed by atoms with Crippen LogP contribution in [0.1, 0.15) is 18.9 Å². The third kappa shape index (κ3) is 3.99. The van der Waals surface area contributed by atoms with E-state index in [0.717, 1.165) is 12.0 Å². The van der Waals surface area contributed by atoms with Gasteiger partial charge in [0, 0.05) is 6.42 Å². The van der Waals surface area contributed by atoms with Gasteiger partial charge >= 0.3 is 0 Å². The number of rotatable bonds is 7. The molecule has 0 radical (unpaired) electrons. The second-order valence-corrected chi connectivity index (χ2v) is 5.00. The van der Waals surface area contributed by atoms with Gasteiger partial charge in [0.1, 0.15) is 0 Å². The molecule has 0 aliphatic carbocycles. The Labute approximate surface area is 119 Å². The molecule has 0 aliphatic rings. The van der Waals surface area contributed by atoms with Crippen molar-refractivity contribution in [2.24, 2.45) is 11.7 Å². The van der Waals surface area contributed by atoms with Gasteiger partial charge in [-0.25, -0.2) is 0 Å². The van der Waals surface area contributed by atoms with E-state index in [9.17, 15) is 0 Å². The summed E-state index contributed by atoms with van der Waals surface area (Å²) in [6.07, 6.45) is 1.54. The van der Waals surface area contributed by atoms with Gasteiger partial charge in [0.25, 0.3) is 0 Å². The second-order valence-electron chi connectivity index (χ2n) is 4.47. The minimum absolute atomic E-state index is 0.351. The van der Waals surface area contributed by atoms with E-state index in [1.54, 1.807) is 21.3 Å². The average molecular weight is 283 g/mol. The SMILES string of the molecule is COc1ccc(CC(C)CC(N)=S)c(OC)c1OC. The minimum atomic E-state index is 0.351. The quantitative estimate of drug-likeness (QED) is 0.779. The maximum atomic E-state index is 5.57. The third-order valence-electron chi connectivity index (χ3n) is 2.90. The first-order valence-electron chi connectivity index (χ1n) is 6.09. The van der Waals surface area contributed by atoms with Crippen LogP contribution in [-0.2, 0) is 6.42 Å². The molecule has 106 valence electrons. The summed E-state index contributed by atoms with van der Waals surface area (Å²) < 4.78 is 16.1. The standard InChI is InChI=1S/C14H21NO3S/c1-9(8-12(15)19)7-10-5-6-11(16-2)14(18-4)13(10)17-3/h5-6,9H,7-8H2,1-4H3,(H2,15,19). The van der Waals surface area contributed by atoms with Gasteiger partial charge in [-0.05, 0) is 24.0 Å². The zero-order valence-corrected chi connectivity index (χ0v) is 12.7. The highest BCUT2D eigenvalue weighted by Crippen LogP contribution is 2.40. The van der Waals surface area contributed by atoms with Crippen molar-refractivity contribution >= 4 is 17.2 Å². The van der Waals surface area contributed by atoms with E-state index in [4.69, 9.17) is 32.2 Å². The van der Waals surface area contributed by atoms with Crippen LogP contribution in [0.3, 0.4) is 0 Å². The maximum Gasteiger partial charge on any atom is 0.203 e. The number of hydrogen-bond acceptors (Lipinski definition) is 4. The molecule has 1 rings (SSSR count). The highest BCUT2D eigenvalue weighted by molar-refractivity contribution is 7.80. The Kier molecular flexibility index (Phi) is 5.89. The van der Waals surface area contributed by atoms with Crippen LogP contribution in [-0.4, -0.2) is 26.3 Å². The molecule has 4 nitrogen and oxygen atoms in total. The highest BCUT2D eigenvalue weighted by Gasteiger charge is 2.17. The van der Waals surface area contributed by atoms with E-state index >= 15 is 0 Å². The molecule has 0 aliphatic heterocycles. The van der Waals surface area contributed by atoms with Gasteiger partial charge in [-0.1, -0.05) is 25.2 Å². The maximum absolute atomic E-state index is 5.57. The Bertz CT molecular complexity index is 449. The smallest absolute Gasteiger partial charge is 0.203 e. The summed E-state index contributed by atoms with van der Waals surface area (Å²) >= 11 is 4.94. The molecule has 0 heterocycles. The normalized spacial score (nSPS) is 11.8. The second kappa shape index (κ2) is 7.19. The van der Waals surface area contributed by atoms with E-state index in [1.165, 1.54) is 0 Å². The lowest BCUT2D eigenvalue weighted by molar-refractivity contribution is 0.321. The molecule has 1 atom stereocenters. The number of nitrogens with two attached hydrogens (primary N) is 1. The summed E-state index contributed by atoms with van der Waals surface area (Å²) in [5.41, 5.74) is 6.63. The van der Waals surface area contributed by atoms with E-state index in [2.05, 4.69) is 6.92 Å². The molecule has 0 saturated carbocycles. The Hall–Kier alpha value is -1.49. The molecule has 0 amide bonds. The summed E-state index contributed by atoms with van der Waals surface area (Å²) in [6, 6.07) is 3.86. The zero-order valence-electron chi connectivity index (χ0n) is 11.9. The van der Waals surface area contributed by atoms with Crippen molar-refractivity contribution in [2.75, 3.05) is 21.3 Å². The van der Waals surface area contributed by atoms with Gasteiger partial charge in [0.05, 0.1) is 26.3 Å². The molecule has 0 fully saturated rings. The highest BCUT2D eigenvalue weighted by atomic mass is 32.1. The van der Waals surface area contributed by atoms with E-state index in [-0.39, 0.29) is 0 Å². The Morgan fingerprint density at radius 1 is 1.16 bits per heavy atom. The predicted octanol–water partition coefficient (Wildman–Crippen LogP) is 2.57. The first-order valence-corrected chi connectivity index (χ1v) is 6.50. The van der Waals surface area contributed by atoms with Crippen molar-refractivity contribution in [1.82, 2.24) is 0 Å². The summed E-state index contributed by atoms with van der Waals surface area (Å²) in [4.78, 5) is 0.534. The topological polar surface area (TPSA) is 53.7 Å². The van der Waals surface area contributed by atoms with Gasteiger partial charge in [0.15, 0.2) is 11.5 Å². The number of ether oxygens (including phenoxy) is 3. The molecule has 5 heteroatoms. The van der Waals surface area contributed by atoms with Crippen LogP contribution in [0.2, 0.25) is 0 Å². The fourth-order valence-electron chi connectivity index (χ4n) is 2.11. The van der Waals surface area contributed by atoms with Crippen molar-refractivity contribution in [3.63, 3.8) is 0 Å². The lowest BCUT2D eigenvalue weighted by Crippen LogP contribution is -2.14. The van der Waals surface area contributed by atoms with Crippen LogP contribution in [0, 0.1) is 5.92 Å². The molecule has 1 aromatic carbocycles. The monoisotopic (exact) mass is 283 g/mol. The number of hydrogen-bond donors (Lipinski definition) is 1. The van der Waals surface area contributed by atoms with Crippen LogP contribution in [0.25, 0.3) is 0 Å². The van der Waals surface area contributed by atoms with E-state index < -0.39 is 0 Å². The summed E-state index contributed by atoms with van der Waals surface area (Å²) in [7, 11) is 4.83. The first kappa shape index (κ1) is 15.6. The van der Waals surface area contributed by atoms with Crippen molar-refractivity contribution in [3.05, 3.63) is 17.7 Å². The lowest BCUT2D eigenvalue weighted by Gasteiger charge is -2.18. The van der Waals surface area contributed by atoms with Crippen molar-refractivity contribution in [2.45, 2.75) is 19.8 Å². The molecule has 0 spiro atoms. The van der Waals surface area contributed by atoms with Crippen LogP contribution in [0.4, 0.5) is 0 Å². The molecule has 0 aromatic heterocycles. The van der Waals surface area contributed by atoms with Gasteiger partial charge in [-0.2, -0.15) is 0 Å². The summed E-state index contributed by atoms with van der Waals surface area (Å²) in [5, 5.41) is 0. The molecular formula is C14H21NO3S. The van der Waals surface area contributed by atoms with Crippen LogP contribution >= 0.6 is 12.2 Å². The zero-order chi connectivity index (χ0) is 14.4. The fraction of sp³-hybridized carbons (Fsp3) is 0.500. The average Bonchev–Trinajstić information content (AvgIpc) is 2.36. The van der Waals surface area contributed by atoms with Crippen LogP contribution < -0.4 is 19.9 Å². The molecule has 1 unspecified atom stereocenters. The fourth-order valence-corrected chi connectivity index (χ4v) is 2.40. The predicted molar refractivity (Wildman–Crippen MR) is 80.4 cm³/mol.